The molecule has 0 saturated heterocycles. The molecule has 2 aromatic carbocycles. The Kier molecular flexibility index (Phi) is 10.0. The Labute approximate surface area is 196 Å². The Morgan fingerprint density at radius 3 is 2.52 bits per heavy atom. The molecule has 0 aliphatic rings. The van der Waals surface area contributed by atoms with Crippen LogP contribution in [0.5, 0.6) is 11.5 Å². The number of nitrogens with zero attached hydrogens (tertiary/aromatic N) is 2. The summed E-state index contributed by atoms with van der Waals surface area (Å²) < 4.78 is 18.2. The first-order chi connectivity index (χ1) is 16.2. The highest BCUT2D eigenvalue weighted by molar-refractivity contribution is 5.77. The molecule has 0 bridgehead atoms. The highest BCUT2D eigenvalue weighted by Gasteiger charge is 2.10. The van der Waals surface area contributed by atoms with Crippen molar-refractivity contribution in [2.24, 2.45) is 0 Å². The Hall–Kier alpha value is -3.06. The number of aromatic nitrogens is 2. The number of rotatable bonds is 15. The lowest BCUT2D eigenvalue weighted by Gasteiger charge is -2.11. The molecule has 7 nitrogen and oxygen atoms in total. The van der Waals surface area contributed by atoms with Gasteiger partial charge in [-0.05, 0) is 62.1 Å². The summed E-state index contributed by atoms with van der Waals surface area (Å²) in [6.07, 6.45) is 5.98. The van der Waals surface area contributed by atoms with Crippen molar-refractivity contribution < 1.29 is 19.0 Å². The zero-order chi connectivity index (χ0) is 23.3. The molecule has 0 aliphatic carbocycles. The summed E-state index contributed by atoms with van der Waals surface area (Å²) in [6, 6.07) is 16.0. The molecule has 3 rings (SSSR count). The molecule has 33 heavy (non-hydrogen) atoms. The lowest BCUT2D eigenvalue weighted by molar-refractivity contribution is -0.124. The summed E-state index contributed by atoms with van der Waals surface area (Å²) in [5, 5.41) is 2.87. The summed E-state index contributed by atoms with van der Waals surface area (Å²) >= 11 is 0. The highest BCUT2D eigenvalue weighted by atomic mass is 16.5. The third-order valence-electron chi connectivity index (χ3n) is 5.51. The van der Waals surface area contributed by atoms with Gasteiger partial charge >= 0.3 is 0 Å². The zero-order valence-corrected chi connectivity index (χ0v) is 19.7. The van der Waals surface area contributed by atoms with Crippen molar-refractivity contribution in [1.82, 2.24) is 14.9 Å². The van der Waals surface area contributed by atoms with Gasteiger partial charge in [0.1, 0.15) is 23.9 Å². The van der Waals surface area contributed by atoms with Crippen molar-refractivity contribution in [3.8, 4) is 11.5 Å². The Balaban J connectivity index is 1.44. The number of para-hydroxylation sites is 2. The van der Waals surface area contributed by atoms with E-state index in [1.54, 1.807) is 7.11 Å². The number of methoxy groups -OCH3 is 2. The van der Waals surface area contributed by atoms with Crippen LogP contribution in [0.2, 0.25) is 0 Å². The molecule has 1 heterocycles. The fraction of sp³-hybridized carbons (Fsp3) is 0.462. The molecule has 0 atom stereocenters. The van der Waals surface area contributed by atoms with Gasteiger partial charge in [-0.25, -0.2) is 4.98 Å². The molecule has 178 valence electrons. The van der Waals surface area contributed by atoms with E-state index >= 15 is 0 Å². The van der Waals surface area contributed by atoms with Crippen LogP contribution in [0.1, 0.15) is 37.9 Å². The maximum absolute atomic E-state index is 11.4. The average Bonchev–Trinajstić information content (AvgIpc) is 3.19. The number of unbranched alkanes of at least 4 members (excludes halogenated alkanes) is 3. The molecule has 7 heteroatoms. The topological polar surface area (TPSA) is 74.6 Å². The summed E-state index contributed by atoms with van der Waals surface area (Å²) in [5.41, 5.74) is 2.24. The second-order valence-electron chi connectivity index (χ2n) is 7.99. The predicted octanol–water partition coefficient (Wildman–Crippen LogP) is 4.38. The van der Waals surface area contributed by atoms with Crippen LogP contribution in [0.4, 0.5) is 0 Å². The number of amides is 1. The maximum Gasteiger partial charge on any atom is 0.245 e. The first-order valence-corrected chi connectivity index (χ1v) is 11.7. The monoisotopic (exact) mass is 453 g/mol. The number of aryl methyl sites for hydroxylation is 2. The fourth-order valence-electron chi connectivity index (χ4n) is 3.79. The van der Waals surface area contributed by atoms with E-state index in [0.29, 0.717) is 13.2 Å². The van der Waals surface area contributed by atoms with Gasteiger partial charge in [-0.15, -0.1) is 0 Å². The van der Waals surface area contributed by atoms with Crippen molar-refractivity contribution >= 4 is 16.9 Å². The van der Waals surface area contributed by atoms with Crippen molar-refractivity contribution in [2.75, 3.05) is 34.0 Å². The van der Waals surface area contributed by atoms with E-state index in [2.05, 4.69) is 28.1 Å². The molecule has 0 unspecified atom stereocenters. The van der Waals surface area contributed by atoms with E-state index in [9.17, 15) is 4.79 Å². The van der Waals surface area contributed by atoms with Gasteiger partial charge in [0.15, 0.2) is 0 Å². The van der Waals surface area contributed by atoms with Gasteiger partial charge in [0, 0.05) is 26.6 Å². The second-order valence-corrected chi connectivity index (χ2v) is 7.99. The van der Waals surface area contributed by atoms with E-state index in [4.69, 9.17) is 19.2 Å². The second kappa shape index (κ2) is 13.5. The quantitative estimate of drug-likeness (QED) is 0.346. The Bertz CT molecular complexity index is 985. The molecule has 1 amide bonds. The molecule has 1 aromatic heterocycles. The third-order valence-corrected chi connectivity index (χ3v) is 5.51. The van der Waals surface area contributed by atoms with Gasteiger partial charge in [-0.1, -0.05) is 18.6 Å². The molecule has 1 N–H and O–H groups in total. The lowest BCUT2D eigenvalue weighted by Crippen LogP contribution is -2.27. The summed E-state index contributed by atoms with van der Waals surface area (Å²) in [6.45, 7) is 2.42. The van der Waals surface area contributed by atoms with Crippen LogP contribution >= 0.6 is 0 Å². The van der Waals surface area contributed by atoms with E-state index in [-0.39, 0.29) is 12.5 Å². The summed E-state index contributed by atoms with van der Waals surface area (Å²) in [4.78, 5) is 16.3. The van der Waals surface area contributed by atoms with Crippen LogP contribution in [0.15, 0.2) is 48.5 Å². The SMILES string of the molecule is COCC(=O)NCCCCCc1nc2ccccc2n1CCCCOc1ccc(OC)cc1. The normalized spacial score (nSPS) is 11.0. The molecule has 0 saturated carbocycles. The number of hydrogen-bond acceptors (Lipinski definition) is 5. The van der Waals surface area contributed by atoms with E-state index < -0.39 is 0 Å². The molecule has 3 aromatic rings. The number of ether oxygens (including phenoxy) is 3. The van der Waals surface area contributed by atoms with Crippen LogP contribution in [0.25, 0.3) is 11.0 Å². The molecular weight excluding hydrogens is 418 g/mol. The lowest BCUT2D eigenvalue weighted by atomic mass is 10.2. The van der Waals surface area contributed by atoms with Crippen LogP contribution < -0.4 is 14.8 Å². The number of benzene rings is 2. The molecule has 0 fully saturated rings. The van der Waals surface area contributed by atoms with Gasteiger partial charge in [-0.3, -0.25) is 4.79 Å². The van der Waals surface area contributed by atoms with Crippen LogP contribution in [-0.4, -0.2) is 49.4 Å². The van der Waals surface area contributed by atoms with Gasteiger partial charge in [0.2, 0.25) is 5.91 Å². The smallest absolute Gasteiger partial charge is 0.245 e. The Morgan fingerprint density at radius 1 is 0.939 bits per heavy atom. The minimum Gasteiger partial charge on any atom is -0.497 e. The number of nitrogens with one attached hydrogen (secondary N) is 1. The van der Waals surface area contributed by atoms with E-state index in [0.717, 1.165) is 67.9 Å². The molecular formula is C26H35N3O4. The first kappa shape index (κ1) is 24.6. The standard InChI is InChI=1S/C26H35N3O4/c1-31-20-26(30)27-17-7-3-4-12-25-28-23-10-5-6-11-24(23)29(25)18-8-9-19-33-22-15-13-21(32-2)14-16-22/h5-6,10-11,13-16H,3-4,7-9,12,17-20H2,1-2H3,(H,27,30). The number of carbonyl (C=O) groups excluding carboxylic acids is 1. The molecule has 0 radical (unpaired) electrons. The van der Waals surface area contributed by atoms with E-state index in [1.165, 1.54) is 12.6 Å². The number of fused-ring (bicyclic) bond motifs is 1. The van der Waals surface area contributed by atoms with Crippen molar-refractivity contribution in [1.29, 1.82) is 0 Å². The summed E-state index contributed by atoms with van der Waals surface area (Å²) in [7, 11) is 3.19. The van der Waals surface area contributed by atoms with Crippen LogP contribution in [-0.2, 0) is 22.5 Å². The molecule has 0 spiro atoms. The molecule has 0 aliphatic heterocycles. The van der Waals surface area contributed by atoms with Crippen LogP contribution in [0.3, 0.4) is 0 Å². The number of hydrogen-bond donors (Lipinski definition) is 1. The predicted molar refractivity (Wildman–Crippen MR) is 130 cm³/mol. The van der Waals surface area contributed by atoms with Crippen molar-refractivity contribution in [3.63, 3.8) is 0 Å². The largest absolute Gasteiger partial charge is 0.497 e. The number of imidazole rings is 1. The van der Waals surface area contributed by atoms with E-state index in [1.807, 2.05) is 30.3 Å². The van der Waals surface area contributed by atoms with Gasteiger partial charge in [-0.2, -0.15) is 0 Å². The van der Waals surface area contributed by atoms with Crippen molar-refractivity contribution in [3.05, 3.63) is 54.4 Å². The number of carbonyl (C=O) groups is 1. The Morgan fingerprint density at radius 2 is 1.73 bits per heavy atom. The zero-order valence-electron chi connectivity index (χ0n) is 19.7. The minimum absolute atomic E-state index is 0.0599. The minimum atomic E-state index is -0.0599. The average molecular weight is 454 g/mol. The first-order valence-electron chi connectivity index (χ1n) is 11.7. The fourth-order valence-corrected chi connectivity index (χ4v) is 3.79. The van der Waals surface area contributed by atoms with Crippen molar-refractivity contribution in [2.45, 2.75) is 45.1 Å². The summed E-state index contributed by atoms with van der Waals surface area (Å²) in [5.74, 6) is 2.77. The van der Waals surface area contributed by atoms with Gasteiger partial charge in [0.25, 0.3) is 0 Å². The van der Waals surface area contributed by atoms with Crippen LogP contribution in [0, 0.1) is 0 Å². The maximum atomic E-state index is 11.4. The highest BCUT2D eigenvalue weighted by Crippen LogP contribution is 2.20. The third kappa shape index (κ3) is 7.79. The van der Waals surface area contributed by atoms with Gasteiger partial charge in [0.05, 0.1) is 24.8 Å². The van der Waals surface area contributed by atoms with Gasteiger partial charge < -0.3 is 24.1 Å².